The number of alkyl halides is 1. The molecule has 2 rings (SSSR count). The van der Waals surface area contributed by atoms with Gasteiger partial charge in [-0.05, 0) is 29.3 Å². The minimum absolute atomic E-state index is 0.0666. The summed E-state index contributed by atoms with van der Waals surface area (Å²) in [5.41, 5.74) is 5.15. The highest BCUT2D eigenvalue weighted by molar-refractivity contribution is 7.17. The fourth-order valence-corrected chi connectivity index (χ4v) is 2.60. The lowest BCUT2D eigenvalue weighted by atomic mass is 9.98. The van der Waals surface area contributed by atoms with Crippen LogP contribution in [0.5, 0.6) is 0 Å². The molecule has 0 aliphatic heterocycles. The maximum atomic E-state index is 13.8. The van der Waals surface area contributed by atoms with Gasteiger partial charge in [-0.15, -0.1) is 11.3 Å². The Bertz CT molecular complexity index is 461. The van der Waals surface area contributed by atoms with Gasteiger partial charge >= 0.3 is 0 Å². The van der Waals surface area contributed by atoms with Crippen molar-refractivity contribution in [2.45, 2.75) is 19.0 Å². The SMILES string of the molecule is CC(F)(CN)Cc1csc2ccccc12. The fraction of sp³-hybridized carbons (Fsp3) is 0.333. The van der Waals surface area contributed by atoms with Gasteiger partial charge in [0.1, 0.15) is 5.67 Å². The maximum absolute atomic E-state index is 13.8. The van der Waals surface area contributed by atoms with E-state index < -0.39 is 5.67 Å². The van der Waals surface area contributed by atoms with Gasteiger partial charge < -0.3 is 5.73 Å². The Hall–Kier alpha value is -0.930. The van der Waals surface area contributed by atoms with Crippen molar-refractivity contribution in [3.05, 3.63) is 35.2 Å². The largest absolute Gasteiger partial charge is 0.328 e. The Labute approximate surface area is 92.7 Å². The number of halogens is 1. The standard InChI is InChI=1S/C12H14FNS/c1-12(13,8-14)6-9-7-15-11-5-3-2-4-10(9)11/h2-5,7H,6,8,14H2,1H3. The third kappa shape index (κ3) is 2.19. The molecule has 0 aliphatic rings. The van der Waals surface area contributed by atoms with Gasteiger partial charge in [-0.25, -0.2) is 4.39 Å². The molecule has 1 heterocycles. The number of benzene rings is 1. The molecule has 1 unspecified atom stereocenters. The summed E-state index contributed by atoms with van der Waals surface area (Å²) in [6.07, 6.45) is 0.396. The topological polar surface area (TPSA) is 26.0 Å². The summed E-state index contributed by atoms with van der Waals surface area (Å²) in [5, 5.41) is 3.18. The summed E-state index contributed by atoms with van der Waals surface area (Å²) in [5.74, 6) is 0. The first-order valence-electron chi connectivity index (χ1n) is 4.96. The molecule has 0 saturated carbocycles. The van der Waals surface area contributed by atoms with Crippen molar-refractivity contribution in [3.8, 4) is 0 Å². The van der Waals surface area contributed by atoms with Crippen molar-refractivity contribution in [1.29, 1.82) is 0 Å². The minimum Gasteiger partial charge on any atom is -0.328 e. The van der Waals surface area contributed by atoms with Crippen LogP contribution in [-0.2, 0) is 6.42 Å². The predicted molar refractivity (Wildman–Crippen MR) is 64.1 cm³/mol. The second-order valence-electron chi connectivity index (χ2n) is 4.05. The van der Waals surface area contributed by atoms with E-state index in [2.05, 4.69) is 6.07 Å². The highest BCUT2D eigenvalue weighted by Gasteiger charge is 2.22. The molecule has 0 amide bonds. The van der Waals surface area contributed by atoms with E-state index in [0.717, 1.165) is 10.9 Å². The first-order valence-corrected chi connectivity index (χ1v) is 5.84. The number of fused-ring (bicyclic) bond motifs is 1. The maximum Gasteiger partial charge on any atom is 0.124 e. The zero-order chi connectivity index (χ0) is 10.9. The Morgan fingerprint density at radius 1 is 1.40 bits per heavy atom. The molecular formula is C12H14FNS. The van der Waals surface area contributed by atoms with Crippen molar-refractivity contribution < 1.29 is 4.39 Å². The Morgan fingerprint density at radius 2 is 2.13 bits per heavy atom. The lowest BCUT2D eigenvalue weighted by molar-refractivity contribution is 0.201. The molecule has 0 spiro atoms. The number of thiophene rings is 1. The van der Waals surface area contributed by atoms with Crippen LogP contribution in [0, 0.1) is 0 Å². The van der Waals surface area contributed by atoms with E-state index in [0.29, 0.717) is 6.42 Å². The summed E-state index contributed by atoms with van der Waals surface area (Å²) in [6, 6.07) is 8.08. The summed E-state index contributed by atoms with van der Waals surface area (Å²) >= 11 is 1.66. The van der Waals surface area contributed by atoms with Crippen molar-refractivity contribution in [1.82, 2.24) is 0 Å². The van der Waals surface area contributed by atoms with E-state index in [1.165, 1.54) is 4.70 Å². The average Bonchev–Trinajstić information content (AvgIpc) is 2.62. The average molecular weight is 223 g/mol. The molecule has 1 aromatic heterocycles. The highest BCUT2D eigenvalue weighted by Crippen LogP contribution is 2.29. The normalized spacial score (nSPS) is 15.4. The molecule has 1 nitrogen and oxygen atoms in total. The van der Waals surface area contributed by atoms with Crippen LogP contribution in [-0.4, -0.2) is 12.2 Å². The molecular weight excluding hydrogens is 209 g/mol. The monoisotopic (exact) mass is 223 g/mol. The van der Waals surface area contributed by atoms with Crippen LogP contribution < -0.4 is 5.73 Å². The summed E-state index contributed by atoms with van der Waals surface area (Å²) < 4.78 is 15.0. The quantitative estimate of drug-likeness (QED) is 0.850. The van der Waals surface area contributed by atoms with Crippen molar-refractivity contribution >= 4 is 21.4 Å². The van der Waals surface area contributed by atoms with Gasteiger partial charge in [-0.3, -0.25) is 0 Å². The van der Waals surface area contributed by atoms with E-state index in [-0.39, 0.29) is 6.54 Å². The van der Waals surface area contributed by atoms with E-state index in [4.69, 9.17) is 5.73 Å². The minimum atomic E-state index is -1.30. The second kappa shape index (κ2) is 3.91. The third-order valence-electron chi connectivity index (χ3n) is 2.55. The Morgan fingerprint density at radius 3 is 2.87 bits per heavy atom. The van der Waals surface area contributed by atoms with Crippen LogP contribution in [0.25, 0.3) is 10.1 Å². The molecule has 2 N–H and O–H groups in total. The molecule has 0 bridgehead atoms. The second-order valence-corrected chi connectivity index (χ2v) is 4.96. The van der Waals surface area contributed by atoms with E-state index in [9.17, 15) is 4.39 Å². The van der Waals surface area contributed by atoms with E-state index >= 15 is 0 Å². The third-order valence-corrected chi connectivity index (χ3v) is 3.56. The molecule has 0 aliphatic carbocycles. The van der Waals surface area contributed by atoms with Crippen molar-refractivity contribution in [2.24, 2.45) is 5.73 Å². The number of nitrogens with two attached hydrogens (primary N) is 1. The number of hydrogen-bond donors (Lipinski definition) is 1. The molecule has 0 radical (unpaired) electrons. The molecule has 0 saturated heterocycles. The van der Waals surface area contributed by atoms with Crippen LogP contribution in [0.2, 0.25) is 0 Å². The van der Waals surface area contributed by atoms with Gasteiger partial charge in [0, 0.05) is 17.7 Å². The Kier molecular flexibility index (Phi) is 2.76. The van der Waals surface area contributed by atoms with Gasteiger partial charge in [-0.1, -0.05) is 18.2 Å². The lowest BCUT2D eigenvalue weighted by Gasteiger charge is -2.17. The summed E-state index contributed by atoms with van der Waals surface area (Å²) in [4.78, 5) is 0. The zero-order valence-corrected chi connectivity index (χ0v) is 9.48. The zero-order valence-electron chi connectivity index (χ0n) is 8.66. The first-order chi connectivity index (χ1) is 7.12. The number of hydrogen-bond acceptors (Lipinski definition) is 2. The molecule has 3 heteroatoms. The molecule has 15 heavy (non-hydrogen) atoms. The fourth-order valence-electron chi connectivity index (χ4n) is 1.64. The molecule has 2 aromatic rings. The van der Waals surface area contributed by atoms with Gasteiger partial charge in [0.15, 0.2) is 0 Å². The molecule has 1 aromatic carbocycles. The summed E-state index contributed by atoms with van der Waals surface area (Å²) in [6.45, 7) is 1.62. The molecule has 0 fully saturated rings. The van der Waals surface area contributed by atoms with Gasteiger partial charge in [0.25, 0.3) is 0 Å². The smallest absolute Gasteiger partial charge is 0.124 e. The van der Waals surface area contributed by atoms with E-state index in [1.807, 2.05) is 23.6 Å². The molecule has 1 atom stereocenters. The lowest BCUT2D eigenvalue weighted by Crippen LogP contribution is -2.31. The number of rotatable bonds is 3. The predicted octanol–water partition coefficient (Wildman–Crippen LogP) is 3.13. The first kappa shape index (κ1) is 10.6. The van der Waals surface area contributed by atoms with Gasteiger partial charge in [-0.2, -0.15) is 0 Å². The van der Waals surface area contributed by atoms with Crippen molar-refractivity contribution in [3.63, 3.8) is 0 Å². The van der Waals surface area contributed by atoms with Crippen LogP contribution in [0.4, 0.5) is 4.39 Å². The van der Waals surface area contributed by atoms with Gasteiger partial charge in [0.2, 0.25) is 0 Å². The highest BCUT2D eigenvalue weighted by atomic mass is 32.1. The molecule has 80 valence electrons. The van der Waals surface area contributed by atoms with Crippen LogP contribution >= 0.6 is 11.3 Å². The van der Waals surface area contributed by atoms with Crippen LogP contribution in [0.3, 0.4) is 0 Å². The summed E-state index contributed by atoms with van der Waals surface area (Å²) in [7, 11) is 0. The van der Waals surface area contributed by atoms with Crippen molar-refractivity contribution in [2.75, 3.05) is 6.54 Å². The van der Waals surface area contributed by atoms with Gasteiger partial charge in [0.05, 0.1) is 0 Å². The van der Waals surface area contributed by atoms with Crippen LogP contribution in [0.1, 0.15) is 12.5 Å². The Balaban J connectivity index is 2.37. The van der Waals surface area contributed by atoms with E-state index in [1.54, 1.807) is 18.3 Å². The van der Waals surface area contributed by atoms with Crippen LogP contribution in [0.15, 0.2) is 29.6 Å².